The third-order valence-electron chi connectivity index (χ3n) is 12.0. The van der Waals surface area contributed by atoms with Gasteiger partial charge in [0, 0.05) is 33.8 Å². The summed E-state index contributed by atoms with van der Waals surface area (Å²) >= 11 is 0. The minimum Gasteiger partial charge on any atom is -0.310 e. The molecule has 0 N–H and O–H groups in total. The number of rotatable bonds is 3. The molecule has 0 bridgehead atoms. The molecule has 4 aliphatic carbocycles. The van der Waals surface area contributed by atoms with E-state index in [4.69, 9.17) is 0 Å². The summed E-state index contributed by atoms with van der Waals surface area (Å²) in [5, 5.41) is 0. The predicted molar refractivity (Wildman–Crippen MR) is 194 cm³/mol. The molecule has 1 heteroatoms. The molecule has 0 aromatic heterocycles. The molecule has 0 heterocycles. The Bertz CT molecular complexity index is 2150. The van der Waals surface area contributed by atoms with E-state index in [0.717, 1.165) is 0 Å². The third kappa shape index (κ3) is 3.58. The van der Waals surface area contributed by atoms with Gasteiger partial charge in [0.1, 0.15) is 0 Å². The van der Waals surface area contributed by atoms with Gasteiger partial charge in [0.25, 0.3) is 0 Å². The molecule has 4 aliphatic rings. The predicted octanol–water partition coefficient (Wildman–Crippen LogP) is 11.9. The lowest BCUT2D eigenvalue weighted by atomic mass is 9.74. The van der Waals surface area contributed by atoms with Crippen LogP contribution < -0.4 is 4.90 Å². The summed E-state index contributed by atoms with van der Waals surface area (Å²) in [6, 6.07) is 39.5. The van der Waals surface area contributed by atoms with Crippen molar-refractivity contribution >= 4 is 17.1 Å². The zero-order valence-corrected chi connectivity index (χ0v) is 27.7. The Morgan fingerprint density at radius 1 is 0.457 bits per heavy atom. The number of nitrogens with zero attached hydrogens (tertiary/aromatic N) is 1. The second-order valence-electron chi connectivity index (χ2n) is 15.5. The van der Waals surface area contributed by atoms with Crippen molar-refractivity contribution in [2.24, 2.45) is 5.92 Å². The van der Waals surface area contributed by atoms with E-state index >= 15 is 0 Å². The number of hydrogen-bond acceptors (Lipinski definition) is 1. The minimum atomic E-state index is -0.0666. The Kier molecular flexibility index (Phi) is 5.55. The number of anilines is 3. The van der Waals surface area contributed by atoms with Crippen molar-refractivity contribution in [3.05, 3.63) is 161 Å². The van der Waals surface area contributed by atoms with E-state index in [-0.39, 0.29) is 16.2 Å². The van der Waals surface area contributed by atoms with Gasteiger partial charge >= 0.3 is 0 Å². The van der Waals surface area contributed by atoms with Gasteiger partial charge in [0.05, 0.1) is 0 Å². The summed E-state index contributed by atoms with van der Waals surface area (Å²) < 4.78 is 0. The van der Waals surface area contributed by atoms with Gasteiger partial charge in [-0.3, -0.25) is 0 Å². The summed E-state index contributed by atoms with van der Waals surface area (Å²) in [7, 11) is 0. The molecule has 0 fully saturated rings. The molecule has 5 aromatic carbocycles. The van der Waals surface area contributed by atoms with Gasteiger partial charge in [-0.2, -0.15) is 0 Å². The molecular formula is C45H41N. The molecule has 46 heavy (non-hydrogen) atoms. The maximum Gasteiger partial charge on any atom is 0.0468 e. The van der Waals surface area contributed by atoms with Crippen LogP contribution in [0.15, 0.2) is 127 Å². The van der Waals surface area contributed by atoms with Crippen LogP contribution >= 0.6 is 0 Å². The quantitative estimate of drug-likeness (QED) is 0.201. The topological polar surface area (TPSA) is 3.24 Å². The molecule has 0 aliphatic heterocycles. The van der Waals surface area contributed by atoms with Crippen LogP contribution in [-0.2, 0) is 16.2 Å². The zero-order chi connectivity index (χ0) is 31.6. The van der Waals surface area contributed by atoms with Crippen molar-refractivity contribution in [2.45, 2.75) is 63.7 Å². The summed E-state index contributed by atoms with van der Waals surface area (Å²) in [5.41, 5.74) is 17.6. The molecule has 9 rings (SSSR count). The van der Waals surface area contributed by atoms with Gasteiger partial charge in [0.2, 0.25) is 0 Å². The molecule has 2 unspecified atom stereocenters. The van der Waals surface area contributed by atoms with Crippen LogP contribution in [0.5, 0.6) is 0 Å². The maximum absolute atomic E-state index is 2.51. The van der Waals surface area contributed by atoms with E-state index in [9.17, 15) is 0 Å². The van der Waals surface area contributed by atoms with E-state index in [0.29, 0.717) is 11.8 Å². The lowest BCUT2D eigenvalue weighted by molar-refractivity contribution is 0.394. The summed E-state index contributed by atoms with van der Waals surface area (Å²) in [6.45, 7) is 14.3. The highest BCUT2D eigenvalue weighted by atomic mass is 15.1. The molecule has 0 radical (unpaired) electrons. The smallest absolute Gasteiger partial charge is 0.0468 e. The summed E-state index contributed by atoms with van der Waals surface area (Å²) in [6.07, 6.45) is 9.30. The fraction of sp³-hybridized carbons (Fsp3) is 0.244. The highest BCUT2D eigenvalue weighted by Gasteiger charge is 2.45. The van der Waals surface area contributed by atoms with Crippen molar-refractivity contribution in [2.75, 3.05) is 4.90 Å². The Morgan fingerprint density at radius 3 is 1.72 bits per heavy atom. The molecule has 226 valence electrons. The first-order valence-electron chi connectivity index (χ1n) is 16.9. The summed E-state index contributed by atoms with van der Waals surface area (Å²) in [5.74, 6) is 0.882. The van der Waals surface area contributed by atoms with Crippen LogP contribution in [0.3, 0.4) is 0 Å². The normalized spacial score (nSPS) is 21.2. The molecule has 0 amide bonds. The van der Waals surface area contributed by atoms with Gasteiger partial charge in [-0.25, -0.2) is 0 Å². The van der Waals surface area contributed by atoms with E-state index < -0.39 is 0 Å². The van der Waals surface area contributed by atoms with Gasteiger partial charge < -0.3 is 4.90 Å². The SMILES string of the molecule is CC1(C)c2ccccc2-c2cc(N(c3ccc4c(c3)C3C=CC=CC3C4(C)C)c3ccc4c(c3)C(C)(C)c3ccccc3-4)ccc21. The minimum absolute atomic E-state index is 0.0202. The van der Waals surface area contributed by atoms with Crippen molar-refractivity contribution in [3.8, 4) is 22.3 Å². The Morgan fingerprint density at radius 2 is 0.978 bits per heavy atom. The molecular weight excluding hydrogens is 555 g/mol. The first-order valence-corrected chi connectivity index (χ1v) is 16.9. The first-order chi connectivity index (χ1) is 22.1. The lowest BCUT2D eigenvalue weighted by Crippen LogP contribution is -2.24. The van der Waals surface area contributed by atoms with E-state index in [1.165, 1.54) is 72.7 Å². The number of benzene rings is 5. The lowest BCUT2D eigenvalue weighted by Gasteiger charge is -2.30. The van der Waals surface area contributed by atoms with E-state index in [2.05, 4.69) is 174 Å². The Labute approximate surface area is 273 Å². The van der Waals surface area contributed by atoms with Crippen molar-refractivity contribution < 1.29 is 0 Å². The average Bonchev–Trinajstić information content (AvgIpc) is 3.54. The largest absolute Gasteiger partial charge is 0.310 e. The van der Waals surface area contributed by atoms with Crippen LogP contribution in [0.4, 0.5) is 17.1 Å². The maximum atomic E-state index is 2.51. The zero-order valence-electron chi connectivity index (χ0n) is 27.7. The van der Waals surface area contributed by atoms with Gasteiger partial charge in [-0.05, 0) is 103 Å². The van der Waals surface area contributed by atoms with Crippen molar-refractivity contribution in [1.82, 2.24) is 0 Å². The second-order valence-corrected chi connectivity index (χ2v) is 15.5. The standard InChI is InChI=1S/C45H41N/c1-43(2)38-17-11-8-14-32(38)35-25-28(20-23-40(35)43)46(29-21-24-41-36(26-29)33-15-9-12-18-39(33)44(41,3)4)30-19-22-34-31-13-7-10-16-37(31)45(5,6)42(34)27-30/h7-27,32,38H,1-6H3. The Balaban J connectivity index is 1.26. The molecule has 5 aromatic rings. The highest BCUT2D eigenvalue weighted by Crippen LogP contribution is 2.56. The molecule has 1 nitrogen and oxygen atoms in total. The van der Waals surface area contributed by atoms with E-state index in [1.54, 1.807) is 0 Å². The fourth-order valence-electron chi connectivity index (χ4n) is 9.45. The number of fused-ring (bicyclic) bond motifs is 9. The highest BCUT2D eigenvalue weighted by molar-refractivity contribution is 5.89. The monoisotopic (exact) mass is 595 g/mol. The van der Waals surface area contributed by atoms with Crippen molar-refractivity contribution in [1.29, 1.82) is 0 Å². The summed E-state index contributed by atoms with van der Waals surface area (Å²) in [4.78, 5) is 2.51. The second kappa shape index (κ2) is 9.23. The molecule has 0 saturated heterocycles. The van der Waals surface area contributed by atoms with Crippen LogP contribution in [0.2, 0.25) is 0 Å². The number of hydrogen-bond donors (Lipinski definition) is 0. The van der Waals surface area contributed by atoms with Crippen LogP contribution in [0.1, 0.15) is 80.8 Å². The van der Waals surface area contributed by atoms with Crippen molar-refractivity contribution in [3.63, 3.8) is 0 Å². The van der Waals surface area contributed by atoms with E-state index in [1.807, 2.05) is 0 Å². The third-order valence-corrected chi connectivity index (χ3v) is 12.0. The van der Waals surface area contributed by atoms with Gasteiger partial charge in [0.15, 0.2) is 0 Å². The first kappa shape index (κ1) is 27.7. The molecule has 0 spiro atoms. The van der Waals surface area contributed by atoms with Crippen LogP contribution in [0.25, 0.3) is 22.3 Å². The van der Waals surface area contributed by atoms with Crippen LogP contribution in [0, 0.1) is 5.92 Å². The Hall–Kier alpha value is -4.62. The fourth-order valence-corrected chi connectivity index (χ4v) is 9.45. The van der Waals surface area contributed by atoms with Gasteiger partial charge in [-0.15, -0.1) is 0 Å². The van der Waals surface area contributed by atoms with Gasteiger partial charge in [-0.1, -0.05) is 133 Å². The van der Waals surface area contributed by atoms with Crippen LogP contribution in [-0.4, -0.2) is 0 Å². The molecule has 2 atom stereocenters. The average molecular weight is 596 g/mol. The number of allylic oxidation sites excluding steroid dienone is 4. The molecule has 0 saturated carbocycles.